The van der Waals surface area contributed by atoms with Crippen molar-refractivity contribution in [3.63, 3.8) is 0 Å². The number of hydrogen-bond acceptors (Lipinski definition) is 2. The van der Waals surface area contributed by atoms with Crippen LogP contribution in [0.2, 0.25) is 0 Å². The van der Waals surface area contributed by atoms with Gasteiger partial charge in [0.1, 0.15) is 0 Å². The molecular weight excluding hydrogens is 237 g/mol. The summed E-state index contributed by atoms with van der Waals surface area (Å²) in [5.41, 5.74) is 0.704. The van der Waals surface area contributed by atoms with Gasteiger partial charge in [0.05, 0.1) is 0 Å². The summed E-state index contributed by atoms with van der Waals surface area (Å²) in [6.45, 7) is 0. The van der Waals surface area contributed by atoms with Gasteiger partial charge in [0, 0.05) is 38.5 Å². The molecule has 1 radical (unpaired) electrons. The molecule has 0 saturated heterocycles. The number of benzene rings is 1. The van der Waals surface area contributed by atoms with Crippen LogP contribution in [-0.2, 0) is 49.5 Å². The van der Waals surface area contributed by atoms with Crippen molar-refractivity contribution in [3.8, 4) is 0 Å². The maximum Gasteiger partial charge on any atom is 0.0127 e. The molecule has 0 aliphatic heterocycles. The van der Waals surface area contributed by atoms with Crippen molar-refractivity contribution < 1.29 is 41.5 Å². The molecule has 0 fully saturated rings. The van der Waals surface area contributed by atoms with E-state index in [4.69, 9.17) is 0 Å². The van der Waals surface area contributed by atoms with Crippen LogP contribution in [0.5, 0.6) is 0 Å². The van der Waals surface area contributed by atoms with Crippen LogP contribution in [0.15, 0.2) is 24.3 Å². The quantitative estimate of drug-likeness (QED) is 0.571. The fourth-order valence-electron chi connectivity index (χ4n) is 0.647. The van der Waals surface area contributed by atoms with Crippen molar-refractivity contribution in [3.05, 3.63) is 35.9 Å². The summed E-state index contributed by atoms with van der Waals surface area (Å²) >= 11 is -2.00. The van der Waals surface area contributed by atoms with Gasteiger partial charge in [0.15, 0.2) is 0 Å². The first kappa shape index (κ1) is 11.4. The Kier molecular flexibility index (Phi) is 6.24. The van der Waals surface area contributed by atoms with E-state index in [-0.39, 0.29) is 38.5 Å². The third-order valence-corrected chi connectivity index (χ3v) is 1.59. The van der Waals surface area contributed by atoms with Crippen LogP contribution in [0.1, 0.15) is 5.56 Å². The average Bonchev–Trinajstić information content (AvgIpc) is 1.88. The second-order valence-electron chi connectivity index (χ2n) is 1.84. The van der Waals surface area contributed by atoms with Gasteiger partial charge in [-0.3, -0.25) is 4.21 Å². The minimum absolute atomic E-state index is 0. The monoisotopic (exact) mass is 243 g/mol. The van der Waals surface area contributed by atoms with Crippen LogP contribution in [0.25, 0.3) is 0 Å². The largest absolute Gasteiger partial charge is 0.772 e. The summed E-state index contributed by atoms with van der Waals surface area (Å²) in [7, 11) is 0. The summed E-state index contributed by atoms with van der Waals surface area (Å²) in [6.07, 6.45) is 0. The van der Waals surface area contributed by atoms with E-state index in [0.717, 1.165) is 0 Å². The molecule has 0 aliphatic carbocycles. The van der Waals surface area contributed by atoms with Gasteiger partial charge in [-0.2, -0.15) is 35.9 Å². The SMILES string of the molecule is O=S([O-])Cc1[c-]cccc1.[Y]. The smallest absolute Gasteiger partial charge is 0.0127 e. The Hall–Kier alpha value is 0.434. The summed E-state index contributed by atoms with van der Waals surface area (Å²) in [5, 5.41) is 0. The Morgan fingerprint density at radius 2 is 2.27 bits per heavy atom. The predicted octanol–water partition coefficient (Wildman–Crippen LogP) is 0.863. The summed E-state index contributed by atoms with van der Waals surface area (Å²) in [4.78, 5) is 0. The molecule has 0 spiro atoms. The molecule has 57 valence electrons. The third kappa shape index (κ3) is 4.80. The predicted molar refractivity (Wildman–Crippen MR) is 37.9 cm³/mol. The maximum absolute atomic E-state index is 10.1. The molecule has 0 amide bonds. The van der Waals surface area contributed by atoms with E-state index >= 15 is 0 Å². The van der Waals surface area contributed by atoms with Crippen LogP contribution >= 0.6 is 0 Å². The molecule has 1 aromatic rings. The van der Waals surface area contributed by atoms with Crippen molar-refractivity contribution in [2.24, 2.45) is 0 Å². The topological polar surface area (TPSA) is 40.1 Å². The van der Waals surface area contributed by atoms with Gasteiger partial charge in [0.2, 0.25) is 0 Å². The first-order chi connectivity index (χ1) is 4.79. The van der Waals surface area contributed by atoms with Crippen molar-refractivity contribution in [1.82, 2.24) is 0 Å². The molecule has 0 N–H and O–H groups in total. The minimum atomic E-state index is -2.00. The van der Waals surface area contributed by atoms with Crippen molar-refractivity contribution >= 4 is 11.1 Å². The molecule has 0 aliphatic rings. The maximum atomic E-state index is 10.1. The zero-order valence-corrected chi connectivity index (χ0v) is 9.47. The molecule has 0 saturated carbocycles. The molecule has 1 aromatic carbocycles. The first-order valence-electron chi connectivity index (χ1n) is 2.80. The van der Waals surface area contributed by atoms with Gasteiger partial charge < -0.3 is 4.55 Å². The van der Waals surface area contributed by atoms with Crippen molar-refractivity contribution in [2.75, 3.05) is 0 Å². The van der Waals surface area contributed by atoms with E-state index in [1.165, 1.54) is 0 Å². The second kappa shape index (κ2) is 6.01. The Morgan fingerprint density at radius 1 is 1.55 bits per heavy atom. The zero-order valence-electron chi connectivity index (χ0n) is 5.82. The standard InChI is InChI=1S/C7H7O2S.Y/c8-10(9)6-7-4-2-1-3-5-7;/h1-4H,6H2,(H,8,9);/q-1;/p-1. The molecule has 11 heavy (non-hydrogen) atoms. The molecule has 2 nitrogen and oxygen atoms in total. The number of hydrogen-bond donors (Lipinski definition) is 0. The van der Waals surface area contributed by atoms with Crippen LogP contribution in [-0.4, -0.2) is 8.76 Å². The van der Waals surface area contributed by atoms with Crippen LogP contribution in [0.3, 0.4) is 0 Å². The van der Waals surface area contributed by atoms with E-state index in [9.17, 15) is 8.76 Å². The third-order valence-electron chi connectivity index (χ3n) is 1.05. The van der Waals surface area contributed by atoms with Crippen LogP contribution in [0.4, 0.5) is 0 Å². The van der Waals surface area contributed by atoms with Crippen molar-refractivity contribution in [1.29, 1.82) is 0 Å². The van der Waals surface area contributed by atoms with Crippen LogP contribution < -0.4 is 0 Å². The van der Waals surface area contributed by atoms with Gasteiger partial charge in [-0.15, -0.1) is 0 Å². The van der Waals surface area contributed by atoms with Crippen molar-refractivity contribution in [2.45, 2.75) is 5.75 Å². The van der Waals surface area contributed by atoms with Gasteiger partial charge in [-0.25, -0.2) is 0 Å². The van der Waals surface area contributed by atoms with Gasteiger partial charge in [0.25, 0.3) is 0 Å². The first-order valence-corrected chi connectivity index (χ1v) is 4.05. The summed E-state index contributed by atoms with van der Waals surface area (Å²) in [5.74, 6) is 0.0564. The fraction of sp³-hybridized carbons (Fsp3) is 0.143. The molecule has 0 aromatic heterocycles. The Labute approximate surface area is 93.6 Å². The van der Waals surface area contributed by atoms with E-state index < -0.39 is 11.1 Å². The van der Waals surface area contributed by atoms with E-state index in [2.05, 4.69) is 6.07 Å². The van der Waals surface area contributed by atoms with E-state index in [1.54, 1.807) is 24.3 Å². The molecule has 0 bridgehead atoms. The molecule has 1 rings (SSSR count). The molecule has 1 unspecified atom stereocenters. The Bertz CT molecular complexity index is 225. The average molecular weight is 243 g/mol. The second-order valence-corrected chi connectivity index (χ2v) is 2.73. The van der Waals surface area contributed by atoms with E-state index in [0.29, 0.717) is 5.56 Å². The normalized spacial score (nSPS) is 11.7. The van der Waals surface area contributed by atoms with E-state index in [1.807, 2.05) is 0 Å². The molecule has 1 atom stereocenters. The fourth-order valence-corrected chi connectivity index (χ4v) is 1.08. The van der Waals surface area contributed by atoms with Gasteiger partial charge in [-0.05, 0) is 0 Å². The molecular formula is C7H6O2SY-2. The Balaban J connectivity index is 0.000001000. The van der Waals surface area contributed by atoms with Gasteiger partial charge in [-0.1, -0.05) is 11.1 Å². The summed E-state index contributed by atoms with van der Waals surface area (Å²) in [6, 6.07) is 9.83. The van der Waals surface area contributed by atoms with Gasteiger partial charge >= 0.3 is 0 Å². The Morgan fingerprint density at radius 3 is 2.73 bits per heavy atom. The summed E-state index contributed by atoms with van der Waals surface area (Å²) < 4.78 is 20.3. The molecule has 4 heteroatoms. The number of rotatable bonds is 2. The minimum Gasteiger partial charge on any atom is -0.772 e. The zero-order chi connectivity index (χ0) is 7.40. The van der Waals surface area contributed by atoms with Crippen LogP contribution in [0, 0.1) is 6.07 Å². The molecule has 0 heterocycles.